The number of hydrogen-bond donors (Lipinski definition) is 2. The summed E-state index contributed by atoms with van der Waals surface area (Å²) in [5, 5.41) is 12.3. The van der Waals surface area contributed by atoms with Gasteiger partial charge < -0.3 is 15.2 Å². The van der Waals surface area contributed by atoms with Crippen LogP contribution in [0.2, 0.25) is 0 Å². The number of nitrogens with one attached hydrogen (secondary N) is 1. The predicted molar refractivity (Wildman–Crippen MR) is 65.6 cm³/mol. The van der Waals surface area contributed by atoms with Crippen LogP contribution in [-0.4, -0.2) is 24.2 Å². The van der Waals surface area contributed by atoms with Crippen molar-refractivity contribution in [3.63, 3.8) is 0 Å². The number of ether oxygens (including phenoxy) is 1. The van der Waals surface area contributed by atoms with Gasteiger partial charge in [-0.15, -0.1) is 0 Å². The highest BCUT2D eigenvalue weighted by atomic mass is 19.1. The van der Waals surface area contributed by atoms with E-state index in [0.717, 1.165) is 6.07 Å². The van der Waals surface area contributed by atoms with E-state index in [4.69, 9.17) is 4.74 Å². The molecule has 0 spiro atoms. The third-order valence-electron chi connectivity index (χ3n) is 2.21. The molecule has 0 aliphatic rings. The Morgan fingerprint density at radius 3 is 2.83 bits per heavy atom. The van der Waals surface area contributed by atoms with E-state index in [1.807, 2.05) is 13.8 Å². The zero-order valence-corrected chi connectivity index (χ0v) is 10.6. The molecule has 1 aromatic rings. The van der Waals surface area contributed by atoms with E-state index in [1.54, 1.807) is 0 Å². The first-order valence-corrected chi connectivity index (χ1v) is 5.82. The second kappa shape index (κ2) is 6.96. The first-order chi connectivity index (χ1) is 8.49. The maximum absolute atomic E-state index is 12.7. The minimum atomic E-state index is -0.493. The Labute approximate surface area is 106 Å². The van der Waals surface area contributed by atoms with E-state index >= 15 is 0 Å². The van der Waals surface area contributed by atoms with Gasteiger partial charge in [-0.3, -0.25) is 4.79 Å². The largest absolute Gasteiger partial charge is 0.508 e. The van der Waals surface area contributed by atoms with Gasteiger partial charge in [0, 0.05) is 18.2 Å². The topological polar surface area (TPSA) is 58.6 Å². The Bertz CT molecular complexity index is 407. The number of benzene rings is 1. The molecule has 4 nitrogen and oxygen atoms in total. The summed E-state index contributed by atoms with van der Waals surface area (Å²) in [7, 11) is 0. The fourth-order valence-corrected chi connectivity index (χ4v) is 1.30. The van der Waals surface area contributed by atoms with Crippen molar-refractivity contribution in [3.8, 4) is 5.75 Å². The van der Waals surface area contributed by atoms with Gasteiger partial charge in [-0.2, -0.15) is 0 Å². The Balaban J connectivity index is 2.31. The average molecular weight is 255 g/mol. The molecule has 0 atom stereocenters. The van der Waals surface area contributed by atoms with E-state index < -0.39 is 5.82 Å². The number of halogens is 1. The van der Waals surface area contributed by atoms with Crippen molar-refractivity contribution in [2.24, 2.45) is 5.92 Å². The van der Waals surface area contributed by atoms with Crippen molar-refractivity contribution >= 4 is 5.97 Å². The second-order valence-corrected chi connectivity index (χ2v) is 4.45. The minimum absolute atomic E-state index is 0.0591. The number of carbonyl (C=O) groups excluding carboxylic acids is 1. The van der Waals surface area contributed by atoms with E-state index in [1.165, 1.54) is 12.1 Å². The summed E-state index contributed by atoms with van der Waals surface area (Å²) >= 11 is 0. The Morgan fingerprint density at radius 1 is 1.50 bits per heavy atom. The SMILES string of the molecule is CC(C)COC(=O)CNCc1ccc(F)cc1O. The average Bonchev–Trinajstić information content (AvgIpc) is 2.29. The van der Waals surface area contributed by atoms with Gasteiger partial charge in [0.2, 0.25) is 0 Å². The van der Waals surface area contributed by atoms with Crippen molar-refractivity contribution in [2.75, 3.05) is 13.2 Å². The van der Waals surface area contributed by atoms with Crippen molar-refractivity contribution < 1.29 is 19.0 Å². The van der Waals surface area contributed by atoms with Crippen LogP contribution in [0, 0.1) is 11.7 Å². The number of phenols is 1. The van der Waals surface area contributed by atoms with Gasteiger partial charge in [0.15, 0.2) is 0 Å². The number of rotatable bonds is 6. The number of aromatic hydroxyl groups is 1. The molecular weight excluding hydrogens is 237 g/mol. The van der Waals surface area contributed by atoms with Gasteiger partial charge in [0.25, 0.3) is 0 Å². The van der Waals surface area contributed by atoms with Crippen molar-refractivity contribution in [1.82, 2.24) is 5.32 Å². The van der Waals surface area contributed by atoms with Crippen LogP contribution in [0.15, 0.2) is 18.2 Å². The van der Waals surface area contributed by atoms with Crippen LogP contribution < -0.4 is 5.32 Å². The summed E-state index contributed by atoms with van der Waals surface area (Å²) < 4.78 is 17.7. The highest BCUT2D eigenvalue weighted by Crippen LogP contribution is 2.17. The number of esters is 1. The Morgan fingerprint density at radius 2 is 2.22 bits per heavy atom. The van der Waals surface area contributed by atoms with E-state index in [0.29, 0.717) is 18.1 Å². The third kappa shape index (κ3) is 5.14. The van der Waals surface area contributed by atoms with E-state index in [2.05, 4.69) is 5.32 Å². The molecule has 0 fully saturated rings. The van der Waals surface area contributed by atoms with Crippen molar-refractivity contribution in [1.29, 1.82) is 0 Å². The minimum Gasteiger partial charge on any atom is -0.508 e. The van der Waals surface area contributed by atoms with E-state index in [-0.39, 0.29) is 24.8 Å². The molecule has 100 valence electrons. The molecule has 0 saturated carbocycles. The Kier molecular flexibility index (Phi) is 5.58. The Hall–Kier alpha value is -1.62. The van der Waals surface area contributed by atoms with Gasteiger partial charge in [-0.05, 0) is 12.0 Å². The van der Waals surface area contributed by atoms with Crippen LogP contribution >= 0.6 is 0 Å². The quantitative estimate of drug-likeness (QED) is 0.761. The van der Waals surface area contributed by atoms with Crippen molar-refractivity contribution in [3.05, 3.63) is 29.6 Å². The molecule has 0 aromatic heterocycles. The van der Waals surface area contributed by atoms with Crippen LogP contribution in [0.3, 0.4) is 0 Å². The molecule has 0 unspecified atom stereocenters. The number of hydrogen-bond acceptors (Lipinski definition) is 4. The summed E-state index contributed by atoms with van der Waals surface area (Å²) in [5.74, 6) is -0.661. The molecule has 2 N–H and O–H groups in total. The molecule has 1 aromatic carbocycles. The zero-order valence-electron chi connectivity index (χ0n) is 10.6. The lowest BCUT2D eigenvalue weighted by molar-refractivity contribution is -0.143. The standard InChI is InChI=1S/C13H18FNO3/c1-9(2)8-18-13(17)7-15-6-10-3-4-11(14)5-12(10)16/h3-5,9,15-16H,6-8H2,1-2H3. The third-order valence-corrected chi connectivity index (χ3v) is 2.21. The molecular formula is C13H18FNO3. The molecule has 0 saturated heterocycles. The second-order valence-electron chi connectivity index (χ2n) is 4.45. The van der Waals surface area contributed by atoms with Gasteiger partial charge in [0.1, 0.15) is 11.6 Å². The highest BCUT2D eigenvalue weighted by Gasteiger charge is 2.06. The molecule has 1 rings (SSSR count). The monoisotopic (exact) mass is 255 g/mol. The van der Waals surface area contributed by atoms with E-state index in [9.17, 15) is 14.3 Å². The first kappa shape index (κ1) is 14.4. The highest BCUT2D eigenvalue weighted by molar-refractivity contribution is 5.71. The predicted octanol–water partition coefficient (Wildman–Crippen LogP) is 1.82. The van der Waals surface area contributed by atoms with Crippen molar-refractivity contribution in [2.45, 2.75) is 20.4 Å². The lowest BCUT2D eigenvalue weighted by atomic mass is 10.2. The smallest absolute Gasteiger partial charge is 0.319 e. The molecule has 0 heterocycles. The fraction of sp³-hybridized carbons (Fsp3) is 0.462. The first-order valence-electron chi connectivity index (χ1n) is 5.82. The number of carbonyl (C=O) groups is 1. The molecule has 0 radical (unpaired) electrons. The fourth-order valence-electron chi connectivity index (χ4n) is 1.30. The molecule has 18 heavy (non-hydrogen) atoms. The van der Waals surface area contributed by atoms with Crippen LogP contribution in [0.4, 0.5) is 4.39 Å². The maximum Gasteiger partial charge on any atom is 0.319 e. The van der Waals surface area contributed by atoms with Crippen LogP contribution in [0.1, 0.15) is 19.4 Å². The van der Waals surface area contributed by atoms with Crippen LogP contribution in [0.25, 0.3) is 0 Å². The summed E-state index contributed by atoms with van der Waals surface area (Å²) in [4.78, 5) is 11.3. The zero-order chi connectivity index (χ0) is 13.5. The van der Waals surface area contributed by atoms with Gasteiger partial charge >= 0.3 is 5.97 Å². The lowest BCUT2D eigenvalue weighted by Crippen LogP contribution is -2.25. The summed E-state index contributed by atoms with van der Waals surface area (Å²) in [6.45, 7) is 4.64. The molecule has 0 amide bonds. The molecule has 5 heteroatoms. The van der Waals surface area contributed by atoms with Gasteiger partial charge in [-0.25, -0.2) is 4.39 Å². The number of phenolic OH excluding ortho intramolecular Hbond substituents is 1. The van der Waals surface area contributed by atoms with Gasteiger partial charge in [-0.1, -0.05) is 19.9 Å². The van der Waals surface area contributed by atoms with Gasteiger partial charge in [0.05, 0.1) is 13.2 Å². The normalized spacial score (nSPS) is 10.7. The summed E-state index contributed by atoms with van der Waals surface area (Å²) in [6.07, 6.45) is 0. The van der Waals surface area contributed by atoms with Crippen LogP contribution in [0.5, 0.6) is 5.75 Å². The lowest BCUT2D eigenvalue weighted by Gasteiger charge is -2.09. The summed E-state index contributed by atoms with van der Waals surface area (Å²) in [5.41, 5.74) is 0.535. The molecule has 0 bridgehead atoms. The summed E-state index contributed by atoms with van der Waals surface area (Å²) in [6, 6.07) is 3.76. The molecule has 0 aliphatic heterocycles. The molecule has 0 aliphatic carbocycles. The maximum atomic E-state index is 12.7. The van der Waals surface area contributed by atoms with Crippen LogP contribution in [-0.2, 0) is 16.1 Å².